The lowest BCUT2D eigenvalue weighted by Gasteiger charge is -2.31. The van der Waals surface area contributed by atoms with Gasteiger partial charge in [0.15, 0.2) is 0 Å². The van der Waals surface area contributed by atoms with Crippen LogP contribution in [-0.2, 0) is 9.53 Å². The van der Waals surface area contributed by atoms with Gasteiger partial charge in [0.25, 0.3) is 0 Å². The number of carbonyl (C=O) groups is 1. The van der Waals surface area contributed by atoms with E-state index in [1.165, 1.54) is 0 Å². The largest absolute Gasteiger partial charge is 0.464 e. The summed E-state index contributed by atoms with van der Waals surface area (Å²) in [6.07, 6.45) is 1.78. The van der Waals surface area contributed by atoms with Gasteiger partial charge in [-0.3, -0.25) is 4.79 Å². The van der Waals surface area contributed by atoms with Crippen LogP contribution in [0.2, 0.25) is 0 Å². The molecule has 0 bridgehead atoms. The highest BCUT2D eigenvalue weighted by atomic mass is 16.5. The van der Waals surface area contributed by atoms with Crippen molar-refractivity contribution in [2.45, 2.75) is 47.5 Å². The number of hydrogen-bond acceptors (Lipinski definition) is 3. The maximum atomic E-state index is 12.0. The molecule has 2 atom stereocenters. The van der Waals surface area contributed by atoms with Gasteiger partial charge in [-0.05, 0) is 26.2 Å². The molecule has 92 valence electrons. The van der Waals surface area contributed by atoms with Crippen LogP contribution in [0.1, 0.15) is 47.5 Å². The first-order valence-corrected chi connectivity index (χ1v) is 5.95. The molecular formula is C13H23NO2. The number of hydrogen-bond donors (Lipinski definition) is 0. The Labute approximate surface area is 98.8 Å². The summed E-state index contributed by atoms with van der Waals surface area (Å²) in [4.78, 5) is 12.0. The van der Waals surface area contributed by atoms with Crippen LogP contribution < -0.4 is 0 Å². The minimum atomic E-state index is -0.427. The summed E-state index contributed by atoms with van der Waals surface area (Å²) in [6.45, 7) is 10.0. The SMILES string of the molecule is CCCC(C)(C(=O)OC[C@@H](C)C#N)C(C)C. The zero-order valence-corrected chi connectivity index (χ0v) is 11.0. The van der Waals surface area contributed by atoms with Crippen LogP contribution in [-0.4, -0.2) is 12.6 Å². The summed E-state index contributed by atoms with van der Waals surface area (Å²) in [6, 6.07) is 2.06. The summed E-state index contributed by atoms with van der Waals surface area (Å²) in [5.74, 6) is -0.161. The van der Waals surface area contributed by atoms with Gasteiger partial charge in [0.2, 0.25) is 0 Å². The normalized spacial score (nSPS) is 16.3. The lowest BCUT2D eigenvalue weighted by molar-refractivity contribution is -0.159. The van der Waals surface area contributed by atoms with E-state index in [1.54, 1.807) is 6.92 Å². The molecule has 1 unspecified atom stereocenters. The van der Waals surface area contributed by atoms with E-state index in [0.717, 1.165) is 12.8 Å². The summed E-state index contributed by atoms with van der Waals surface area (Å²) >= 11 is 0. The van der Waals surface area contributed by atoms with Gasteiger partial charge in [-0.2, -0.15) is 5.26 Å². The van der Waals surface area contributed by atoms with Crippen molar-refractivity contribution in [3.8, 4) is 6.07 Å². The maximum absolute atomic E-state index is 12.0. The molecule has 16 heavy (non-hydrogen) atoms. The van der Waals surface area contributed by atoms with Crippen molar-refractivity contribution in [2.24, 2.45) is 17.3 Å². The molecule has 3 nitrogen and oxygen atoms in total. The van der Waals surface area contributed by atoms with E-state index in [1.807, 2.05) is 20.8 Å². The lowest BCUT2D eigenvalue weighted by Crippen LogP contribution is -2.35. The average Bonchev–Trinajstić information content (AvgIpc) is 2.25. The van der Waals surface area contributed by atoms with E-state index in [9.17, 15) is 4.79 Å². The first-order chi connectivity index (χ1) is 7.38. The van der Waals surface area contributed by atoms with Gasteiger partial charge >= 0.3 is 5.97 Å². The van der Waals surface area contributed by atoms with Crippen LogP contribution >= 0.6 is 0 Å². The summed E-state index contributed by atoms with van der Waals surface area (Å²) in [5, 5.41) is 8.62. The lowest BCUT2D eigenvalue weighted by atomic mass is 9.75. The fraction of sp³-hybridized carbons (Fsp3) is 0.846. The highest BCUT2D eigenvalue weighted by Gasteiger charge is 2.37. The van der Waals surface area contributed by atoms with Crippen molar-refractivity contribution in [2.75, 3.05) is 6.61 Å². The van der Waals surface area contributed by atoms with Gasteiger partial charge in [-0.1, -0.05) is 27.2 Å². The van der Waals surface area contributed by atoms with Crippen LogP contribution in [0.5, 0.6) is 0 Å². The van der Waals surface area contributed by atoms with Gasteiger partial charge in [-0.25, -0.2) is 0 Å². The number of rotatable bonds is 6. The smallest absolute Gasteiger partial charge is 0.312 e. The molecule has 0 aliphatic rings. The van der Waals surface area contributed by atoms with Crippen molar-refractivity contribution in [1.29, 1.82) is 5.26 Å². The van der Waals surface area contributed by atoms with Gasteiger partial charge in [0, 0.05) is 0 Å². The Morgan fingerprint density at radius 1 is 1.44 bits per heavy atom. The molecule has 0 rings (SSSR count). The molecule has 0 aromatic rings. The van der Waals surface area contributed by atoms with E-state index in [0.29, 0.717) is 0 Å². The monoisotopic (exact) mass is 225 g/mol. The van der Waals surface area contributed by atoms with Crippen LogP contribution in [0, 0.1) is 28.6 Å². The number of esters is 1. The quantitative estimate of drug-likeness (QED) is 0.652. The zero-order valence-electron chi connectivity index (χ0n) is 11.0. The van der Waals surface area contributed by atoms with Crippen molar-refractivity contribution >= 4 is 5.97 Å². The third-order valence-electron chi connectivity index (χ3n) is 3.19. The standard InChI is InChI=1S/C13H23NO2/c1-6-7-13(5,10(2)3)12(15)16-9-11(4)8-14/h10-11H,6-7,9H2,1-5H3/t11-,13?/m0/s1. The molecule has 0 spiro atoms. The van der Waals surface area contributed by atoms with Crippen molar-refractivity contribution in [1.82, 2.24) is 0 Å². The minimum absolute atomic E-state index is 0.175. The fourth-order valence-electron chi connectivity index (χ4n) is 1.55. The van der Waals surface area contributed by atoms with E-state index < -0.39 is 5.41 Å². The Balaban J connectivity index is 4.47. The highest BCUT2D eigenvalue weighted by molar-refractivity contribution is 5.76. The van der Waals surface area contributed by atoms with Crippen molar-refractivity contribution in [3.05, 3.63) is 0 Å². The summed E-state index contributed by atoms with van der Waals surface area (Å²) in [5.41, 5.74) is -0.427. The third kappa shape index (κ3) is 3.84. The Morgan fingerprint density at radius 2 is 2.00 bits per heavy atom. The minimum Gasteiger partial charge on any atom is -0.464 e. The van der Waals surface area contributed by atoms with Crippen LogP contribution in [0.25, 0.3) is 0 Å². The molecule has 0 saturated heterocycles. The topological polar surface area (TPSA) is 50.1 Å². The molecule has 0 heterocycles. The van der Waals surface area contributed by atoms with E-state index in [2.05, 4.69) is 13.0 Å². The molecular weight excluding hydrogens is 202 g/mol. The molecule has 0 amide bonds. The van der Waals surface area contributed by atoms with Crippen molar-refractivity contribution < 1.29 is 9.53 Å². The second-order valence-electron chi connectivity index (χ2n) is 4.95. The molecule has 0 saturated carbocycles. The third-order valence-corrected chi connectivity index (χ3v) is 3.19. The number of carbonyl (C=O) groups excluding carboxylic acids is 1. The fourth-order valence-corrected chi connectivity index (χ4v) is 1.55. The van der Waals surface area contributed by atoms with Crippen molar-refractivity contribution in [3.63, 3.8) is 0 Å². The van der Waals surface area contributed by atoms with E-state index in [4.69, 9.17) is 10.00 Å². The van der Waals surface area contributed by atoms with E-state index in [-0.39, 0.29) is 24.4 Å². The predicted octanol–water partition coefficient (Wildman–Crippen LogP) is 3.15. The molecule has 0 fully saturated rings. The van der Waals surface area contributed by atoms with Gasteiger partial charge in [0.1, 0.15) is 6.61 Å². The first-order valence-electron chi connectivity index (χ1n) is 5.95. The second-order valence-corrected chi connectivity index (χ2v) is 4.95. The van der Waals surface area contributed by atoms with Crippen LogP contribution in [0.4, 0.5) is 0 Å². The molecule has 0 radical (unpaired) electrons. The summed E-state index contributed by atoms with van der Waals surface area (Å²) in [7, 11) is 0. The van der Waals surface area contributed by atoms with Gasteiger partial charge in [0.05, 0.1) is 17.4 Å². The Hall–Kier alpha value is -1.04. The molecule has 0 aromatic heterocycles. The Kier molecular flexibility index (Phi) is 6.10. The van der Waals surface area contributed by atoms with E-state index >= 15 is 0 Å². The molecule has 0 aliphatic heterocycles. The molecule has 0 aliphatic carbocycles. The second kappa shape index (κ2) is 6.52. The van der Waals surface area contributed by atoms with Crippen LogP contribution in [0.3, 0.4) is 0 Å². The Bertz CT molecular complexity index is 268. The summed E-state index contributed by atoms with van der Waals surface area (Å²) < 4.78 is 5.21. The highest BCUT2D eigenvalue weighted by Crippen LogP contribution is 2.33. The molecule has 0 N–H and O–H groups in total. The molecule has 3 heteroatoms. The number of nitrogens with zero attached hydrogens (tertiary/aromatic N) is 1. The predicted molar refractivity (Wildman–Crippen MR) is 63.6 cm³/mol. The average molecular weight is 225 g/mol. The number of nitriles is 1. The van der Waals surface area contributed by atoms with Gasteiger partial charge < -0.3 is 4.74 Å². The number of ether oxygens (including phenoxy) is 1. The molecule has 0 aromatic carbocycles. The first kappa shape index (κ1) is 15.0. The van der Waals surface area contributed by atoms with Crippen LogP contribution in [0.15, 0.2) is 0 Å². The maximum Gasteiger partial charge on any atom is 0.312 e. The Morgan fingerprint density at radius 3 is 2.38 bits per heavy atom. The zero-order chi connectivity index (χ0) is 12.8. The van der Waals surface area contributed by atoms with Gasteiger partial charge in [-0.15, -0.1) is 0 Å².